The highest BCUT2D eigenvalue weighted by Gasteiger charge is 2.28. The van der Waals surface area contributed by atoms with Crippen molar-refractivity contribution in [1.29, 1.82) is 0 Å². The third-order valence-corrected chi connectivity index (χ3v) is 3.99. The largest absolute Gasteiger partial charge is 0.311 e. The van der Waals surface area contributed by atoms with Crippen LogP contribution in [0.4, 0.5) is 0 Å². The van der Waals surface area contributed by atoms with Crippen LogP contribution in [0.3, 0.4) is 0 Å². The number of carbonyl (C=O) groups is 1. The first-order valence-corrected chi connectivity index (χ1v) is 6.57. The first-order valence-electron chi connectivity index (χ1n) is 5.28. The lowest BCUT2D eigenvalue weighted by molar-refractivity contribution is -0.118. The summed E-state index contributed by atoms with van der Waals surface area (Å²) in [5.74, 6) is 0.0366. The molecule has 0 bridgehead atoms. The number of rotatable bonds is 3. The number of aryl methyl sites for hydroxylation is 1. The predicted octanol–water partition coefficient (Wildman–Crippen LogP) is 2.31. The normalized spacial score (nSPS) is 19.9. The van der Waals surface area contributed by atoms with Crippen molar-refractivity contribution in [2.75, 3.05) is 0 Å². The fourth-order valence-electron chi connectivity index (χ4n) is 1.65. The Bertz CT molecular complexity index is 414. The second kappa shape index (κ2) is 4.97. The van der Waals surface area contributed by atoms with Gasteiger partial charge in [0.15, 0.2) is 0 Å². The molecule has 0 radical (unpaired) electrons. The highest BCUT2D eigenvalue weighted by molar-refractivity contribution is 8.24. The third-order valence-electron chi connectivity index (χ3n) is 2.62. The first kappa shape index (κ1) is 11.6. The smallest absolute Gasteiger partial charge is 0.239 e. The van der Waals surface area contributed by atoms with Crippen LogP contribution in [0, 0.1) is 0 Å². The van der Waals surface area contributed by atoms with Gasteiger partial charge in [-0.3, -0.25) is 4.79 Å². The van der Waals surface area contributed by atoms with Crippen molar-refractivity contribution in [3.05, 3.63) is 35.4 Å². The third kappa shape index (κ3) is 2.62. The summed E-state index contributed by atoms with van der Waals surface area (Å²) in [5, 5.41) is 2.61. The molecule has 0 aliphatic carbocycles. The van der Waals surface area contributed by atoms with Crippen molar-refractivity contribution in [3.8, 4) is 0 Å². The first-order chi connectivity index (χ1) is 7.69. The zero-order valence-electron chi connectivity index (χ0n) is 9.03. The molecule has 1 aliphatic heterocycles. The van der Waals surface area contributed by atoms with E-state index < -0.39 is 0 Å². The Balaban J connectivity index is 2.03. The topological polar surface area (TPSA) is 29.1 Å². The summed E-state index contributed by atoms with van der Waals surface area (Å²) in [6.07, 6.45) is 1.80. The number of carbonyl (C=O) groups excluding carboxylic acids is 1. The maximum absolute atomic E-state index is 11.5. The molecule has 0 saturated carbocycles. The summed E-state index contributed by atoms with van der Waals surface area (Å²) < 4.78 is 0.597. The molecule has 0 aromatic heterocycles. The molecule has 4 heteroatoms. The number of nitrogens with one attached hydrogen (secondary N) is 1. The Hall–Kier alpha value is -0.870. The van der Waals surface area contributed by atoms with E-state index in [0.717, 1.165) is 12.8 Å². The molecule has 1 atom stereocenters. The molecule has 1 saturated heterocycles. The van der Waals surface area contributed by atoms with Crippen LogP contribution in [0.1, 0.15) is 18.1 Å². The van der Waals surface area contributed by atoms with Crippen molar-refractivity contribution in [3.63, 3.8) is 0 Å². The monoisotopic (exact) mass is 251 g/mol. The summed E-state index contributed by atoms with van der Waals surface area (Å²) >= 11 is 6.41. The van der Waals surface area contributed by atoms with Gasteiger partial charge in [0.2, 0.25) is 5.91 Å². The van der Waals surface area contributed by atoms with E-state index in [2.05, 4.69) is 36.5 Å². The van der Waals surface area contributed by atoms with Crippen LogP contribution in [0.2, 0.25) is 0 Å². The van der Waals surface area contributed by atoms with Gasteiger partial charge < -0.3 is 5.32 Å². The lowest BCUT2D eigenvalue weighted by Gasteiger charge is -2.06. The van der Waals surface area contributed by atoms with Crippen molar-refractivity contribution in [2.45, 2.75) is 25.0 Å². The van der Waals surface area contributed by atoms with E-state index in [-0.39, 0.29) is 11.2 Å². The maximum Gasteiger partial charge on any atom is 0.239 e. The number of hydrogen-bond donors (Lipinski definition) is 1. The van der Waals surface area contributed by atoms with Crippen molar-refractivity contribution < 1.29 is 4.79 Å². The Morgan fingerprint density at radius 3 is 2.44 bits per heavy atom. The molecule has 1 N–H and O–H groups in total. The Kier molecular flexibility index (Phi) is 3.61. The van der Waals surface area contributed by atoms with Gasteiger partial charge >= 0.3 is 0 Å². The minimum Gasteiger partial charge on any atom is -0.311 e. The number of hydrogen-bond acceptors (Lipinski definition) is 3. The van der Waals surface area contributed by atoms with E-state index in [4.69, 9.17) is 12.2 Å². The maximum atomic E-state index is 11.5. The number of benzene rings is 1. The highest BCUT2D eigenvalue weighted by Crippen LogP contribution is 2.23. The minimum absolute atomic E-state index is 0.0366. The summed E-state index contributed by atoms with van der Waals surface area (Å²) in [6, 6.07) is 8.42. The summed E-state index contributed by atoms with van der Waals surface area (Å²) in [7, 11) is 0. The van der Waals surface area contributed by atoms with Crippen molar-refractivity contribution >= 4 is 34.2 Å². The summed E-state index contributed by atoms with van der Waals surface area (Å²) in [6.45, 7) is 2.13. The van der Waals surface area contributed by atoms with E-state index in [1.165, 1.54) is 22.9 Å². The SMILES string of the molecule is CCc1ccc(CC2SC(=S)NC2=O)cc1. The van der Waals surface area contributed by atoms with Crippen LogP contribution in [-0.2, 0) is 17.6 Å². The van der Waals surface area contributed by atoms with Gasteiger partial charge in [0.25, 0.3) is 0 Å². The molecule has 1 aliphatic rings. The second-order valence-corrected chi connectivity index (χ2v) is 5.64. The molecule has 2 nitrogen and oxygen atoms in total. The minimum atomic E-state index is -0.0556. The Morgan fingerprint density at radius 1 is 1.31 bits per heavy atom. The fourth-order valence-corrected chi connectivity index (χ4v) is 2.96. The summed E-state index contributed by atoms with van der Waals surface area (Å²) in [5.41, 5.74) is 2.51. The number of thiocarbonyl (C=S) groups is 1. The molecule has 1 heterocycles. The molecular formula is C12H13NOS2. The lowest BCUT2D eigenvalue weighted by atomic mass is 10.1. The van der Waals surface area contributed by atoms with Gasteiger partial charge in [0.05, 0.1) is 5.25 Å². The van der Waals surface area contributed by atoms with Crippen molar-refractivity contribution in [2.24, 2.45) is 0 Å². The molecule has 1 amide bonds. The van der Waals surface area contributed by atoms with Gasteiger partial charge in [-0.1, -0.05) is 55.2 Å². The second-order valence-electron chi connectivity index (χ2n) is 3.76. The van der Waals surface area contributed by atoms with Crippen LogP contribution in [0.5, 0.6) is 0 Å². The zero-order chi connectivity index (χ0) is 11.5. The molecule has 1 aromatic carbocycles. The lowest BCUT2D eigenvalue weighted by Crippen LogP contribution is -2.25. The number of amides is 1. The van der Waals surface area contributed by atoms with E-state index in [0.29, 0.717) is 4.32 Å². The molecular weight excluding hydrogens is 238 g/mol. The predicted molar refractivity (Wildman–Crippen MR) is 71.6 cm³/mol. The van der Waals surface area contributed by atoms with Gasteiger partial charge in [-0.2, -0.15) is 0 Å². The van der Waals surface area contributed by atoms with Gasteiger partial charge in [-0.15, -0.1) is 0 Å². The standard InChI is InChI=1S/C12H13NOS2/c1-2-8-3-5-9(6-4-8)7-10-11(14)13-12(15)16-10/h3-6,10H,2,7H2,1H3,(H,13,14,15). The van der Waals surface area contributed by atoms with Crippen LogP contribution in [0.25, 0.3) is 0 Å². The molecule has 16 heavy (non-hydrogen) atoms. The molecule has 1 fully saturated rings. The molecule has 1 unspecified atom stereocenters. The van der Waals surface area contributed by atoms with Gasteiger partial charge in [0, 0.05) is 0 Å². The molecule has 84 valence electrons. The van der Waals surface area contributed by atoms with E-state index >= 15 is 0 Å². The Labute approximate surface area is 105 Å². The van der Waals surface area contributed by atoms with E-state index in [1.54, 1.807) is 0 Å². The van der Waals surface area contributed by atoms with Gasteiger partial charge in [-0.05, 0) is 24.0 Å². The van der Waals surface area contributed by atoms with Gasteiger partial charge in [0.1, 0.15) is 4.32 Å². The summed E-state index contributed by atoms with van der Waals surface area (Å²) in [4.78, 5) is 11.5. The highest BCUT2D eigenvalue weighted by atomic mass is 32.2. The van der Waals surface area contributed by atoms with E-state index in [1.807, 2.05) is 0 Å². The fraction of sp³-hybridized carbons (Fsp3) is 0.333. The van der Waals surface area contributed by atoms with Crippen LogP contribution < -0.4 is 5.32 Å². The van der Waals surface area contributed by atoms with Crippen LogP contribution in [0.15, 0.2) is 24.3 Å². The van der Waals surface area contributed by atoms with Crippen LogP contribution >= 0.6 is 24.0 Å². The average Bonchev–Trinajstić information content (AvgIpc) is 2.59. The molecule has 0 spiro atoms. The van der Waals surface area contributed by atoms with Gasteiger partial charge in [-0.25, -0.2) is 0 Å². The molecule has 2 rings (SSSR count). The number of thioether (sulfide) groups is 1. The van der Waals surface area contributed by atoms with Crippen molar-refractivity contribution in [1.82, 2.24) is 5.32 Å². The molecule has 1 aromatic rings. The quantitative estimate of drug-likeness (QED) is 0.836. The zero-order valence-corrected chi connectivity index (χ0v) is 10.7. The average molecular weight is 251 g/mol. The Morgan fingerprint density at radius 2 is 1.94 bits per heavy atom. The van der Waals surface area contributed by atoms with Crippen LogP contribution in [-0.4, -0.2) is 15.5 Å². The van der Waals surface area contributed by atoms with E-state index in [9.17, 15) is 4.79 Å².